The van der Waals surface area contributed by atoms with E-state index in [1.54, 1.807) is 14.1 Å². The van der Waals surface area contributed by atoms with Crippen molar-refractivity contribution in [3.8, 4) is 0 Å². The minimum absolute atomic E-state index is 0.223. The molecule has 164 valence electrons. The van der Waals surface area contributed by atoms with Gasteiger partial charge in [0.1, 0.15) is 13.1 Å². The van der Waals surface area contributed by atoms with Crippen molar-refractivity contribution in [2.75, 3.05) is 27.2 Å². The van der Waals surface area contributed by atoms with Gasteiger partial charge in [-0.15, -0.1) is 0 Å². The molecule has 1 unspecified atom stereocenters. The molecule has 32 heavy (non-hydrogen) atoms. The molecule has 0 N–H and O–H groups in total. The van der Waals surface area contributed by atoms with Crippen LogP contribution < -0.4 is 0 Å². The van der Waals surface area contributed by atoms with Crippen molar-refractivity contribution in [3.63, 3.8) is 0 Å². The minimum Gasteiger partial charge on any atom is -0.287 e. The van der Waals surface area contributed by atoms with E-state index in [2.05, 4.69) is 52.8 Å². The van der Waals surface area contributed by atoms with E-state index in [9.17, 15) is 9.59 Å². The number of benzene rings is 2. The highest BCUT2D eigenvalue weighted by atomic mass is 16.2. The first-order chi connectivity index (χ1) is 15.4. The molecule has 1 saturated heterocycles. The summed E-state index contributed by atoms with van der Waals surface area (Å²) >= 11 is 0. The van der Waals surface area contributed by atoms with E-state index in [4.69, 9.17) is 4.99 Å². The Morgan fingerprint density at radius 2 is 1.72 bits per heavy atom. The molecular formula is C25H28N5O2+. The van der Waals surface area contributed by atoms with Crippen LogP contribution in [0.3, 0.4) is 0 Å². The Morgan fingerprint density at radius 3 is 2.50 bits per heavy atom. The number of aryl methyl sites for hydroxylation is 1. The van der Waals surface area contributed by atoms with Gasteiger partial charge in [-0.2, -0.15) is 0 Å². The number of hydrogen-bond acceptors (Lipinski definition) is 4. The zero-order valence-corrected chi connectivity index (χ0v) is 18.8. The van der Waals surface area contributed by atoms with Crippen LogP contribution in [0.1, 0.15) is 22.3 Å². The number of urea groups is 1. The van der Waals surface area contributed by atoms with Gasteiger partial charge in [0.2, 0.25) is 0 Å². The van der Waals surface area contributed by atoms with Crippen molar-refractivity contribution < 1.29 is 14.2 Å². The highest BCUT2D eigenvalue weighted by molar-refractivity contribution is 6.23. The Hall–Kier alpha value is -3.32. The van der Waals surface area contributed by atoms with Crippen LogP contribution >= 0.6 is 0 Å². The van der Waals surface area contributed by atoms with E-state index < -0.39 is 6.04 Å². The highest BCUT2D eigenvalue weighted by Gasteiger charge is 2.53. The fourth-order valence-electron chi connectivity index (χ4n) is 4.82. The predicted octanol–water partition coefficient (Wildman–Crippen LogP) is 2.27. The van der Waals surface area contributed by atoms with Crippen LogP contribution in [-0.4, -0.2) is 76.1 Å². The molecular weight excluding hydrogens is 402 g/mol. The smallest absolute Gasteiger partial charge is 0.287 e. The largest absolute Gasteiger partial charge is 0.333 e. The van der Waals surface area contributed by atoms with Crippen LogP contribution in [0, 0.1) is 6.92 Å². The van der Waals surface area contributed by atoms with Crippen LogP contribution in [0.2, 0.25) is 0 Å². The topological polar surface area (TPSA) is 59.2 Å². The van der Waals surface area contributed by atoms with E-state index in [1.165, 1.54) is 26.5 Å². The molecule has 5 rings (SSSR count). The Balaban J connectivity index is 1.51. The molecule has 2 aromatic rings. The van der Waals surface area contributed by atoms with Gasteiger partial charge in [0.25, 0.3) is 17.8 Å². The number of hydrogen-bond donors (Lipinski definition) is 0. The maximum absolute atomic E-state index is 13.2. The molecule has 2 aromatic carbocycles. The molecule has 0 saturated carbocycles. The van der Waals surface area contributed by atoms with Gasteiger partial charge in [-0.25, -0.2) is 9.37 Å². The third-order valence-corrected chi connectivity index (χ3v) is 6.79. The Labute approximate surface area is 188 Å². The molecule has 3 heterocycles. The van der Waals surface area contributed by atoms with Crippen LogP contribution in [0.5, 0.6) is 0 Å². The summed E-state index contributed by atoms with van der Waals surface area (Å²) in [7, 11) is 3.24. The van der Waals surface area contributed by atoms with Gasteiger partial charge in [0, 0.05) is 27.2 Å². The molecule has 3 aliphatic heterocycles. The number of likely N-dealkylation sites (N-methyl/N-ethyl adjacent to an activating group) is 2. The van der Waals surface area contributed by atoms with Crippen LogP contribution in [-0.2, 0) is 24.3 Å². The zero-order chi connectivity index (χ0) is 22.4. The quantitative estimate of drug-likeness (QED) is 0.700. The number of fused-ring (bicyclic) bond motifs is 2. The second-order valence-electron chi connectivity index (χ2n) is 8.81. The van der Waals surface area contributed by atoms with Crippen molar-refractivity contribution in [1.29, 1.82) is 0 Å². The summed E-state index contributed by atoms with van der Waals surface area (Å²) in [6, 6.07) is 15.9. The Kier molecular flexibility index (Phi) is 5.13. The number of nitrogens with zero attached hydrogens (tertiary/aromatic N) is 5. The summed E-state index contributed by atoms with van der Waals surface area (Å²) in [5.74, 6) is 1.15. The van der Waals surface area contributed by atoms with E-state index in [0.717, 1.165) is 30.9 Å². The van der Waals surface area contributed by atoms with E-state index in [-0.39, 0.29) is 11.9 Å². The SMILES string of the molecule is Cc1ccccc1C[N+]1=C(CN2CCc3ccccc3C2)N=C2C1C(=O)N(C)C(=O)N2C. The fraction of sp³-hybridized carbons (Fsp3) is 0.360. The molecule has 3 aliphatic rings. The molecule has 1 atom stereocenters. The Morgan fingerprint density at radius 1 is 1.00 bits per heavy atom. The monoisotopic (exact) mass is 430 g/mol. The lowest BCUT2D eigenvalue weighted by Crippen LogP contribution is -2.61. The molecule has 1 fully saturated rings. The van der Waals surface area contributed by atoms with E-state index in [0.29, 0.717) is 18.9 Å². The number of amides is 3. The molecule has 0 bridgehead atoms. The molecule has 0 spiro atoms. The third kappa shape index (κ3) is 3.42. The number of carbonyl (C=O) groups excluding carboxylic acids is 2. The van der Waals surface area contributed by atoms with Gasteiger partial charge in [0.05, 0.1) is 0 Å². The molecule has 3 amide bonds. The second kappa shape index (κ2) is 7.98. The number of carbonyl (C=O) groups is 2. The minimum atomic E-state index is -0.575. The van der Waals surface area contributed by atoms with Crippen molar-refractivity contribution in [3.05, 3.63) is 70.8 Å². The molecule has 7 nitrogen and oxygen atoms in total. The molecule has 0 radical (unpaired) electrons. The number of amidine groups is 2. The maximum Gasteiger partial charge on any atom is 0.333 e. The van der Waals surface area contributed by atoms with Crippen molar-refractivity contribution in [2.45, 2.75) is 32.5 Å². The molecule has 0 aromatic heterocycles. The first-order valence-corrected chi connectivity index (χ1v) is 11.0. The second-order valence-corrected chi connectivity index (χ2v) is 8.81. The average molecular weight is 431 g/mol. The Bertz CT molecular complexity index is 1170. The van der Waals surface area contributed by atoms with Gasteiger partial charge in [-0.1, -0.05) is 48.5 Å². The fourth-order valence-corrected chi connectivity index (χ4v) is 4.82. The summed E-state index contributed by atoms with van der Waals surface area (Å²) in [6.45, 7) is 5.09. The number of aliphatic imine (C=N–C) groups is 1. The van der Waals surface area contributed by atoms with Crippen molar-refractivity contribution in [2.24, 2.45) is 4.99 Å². The standard InChI is InChI=1S/C25H28N5O2/c1-17-8-4-5-10-19(17)15-30-21(16-29-13-12-18-9-6-7-11-20(18)14-29)26-23-22(30)24(31)28(3)25(32)27(23)2/h4-11,22H,12-16H2,1-3H3/q+1. The summed E-state index contributed by atoms with van der Waals surface area (Å²) in [5.41, 5.74) is 5.07. The van der Waals surface area contributed by atoms with Crippen LogP contribution in [0.15, 0.2) is 53.5 Å². The van der Waals surface area contributed by atoms with E-state index in [1.807, 2.05) is 12.1 Å². The van der Waals surface area contributed by atoms with Gasteiger partial charge in [-0.3, -0.25) is 19.5 Å². The lowest BCUT2D eigenvalue weighted by Gasteiger charge is -2.31. The molecule has 0 aliphatic carbocycles. The predicted molar refractivity (Wildman–Crippen MR) is 123 cm³/mol. The maximum atomic E-state index is 13.2. The highest BCUT2D eigenvalue weighted by Crippen LogP contribution is 2.23. The van der Waals surface area contributed by atoms with Gasteiger partial charge < -0.3 is 0 Å². The number of imide groups is 1. The summed E-state index contributed by atoms with van der Waals surface area (Å²) in [5, 5.41) is 0. The van der Waals surface area contributed by atoms with Crippen molar-refractivity contribution in [1.82, 2.24) is 14.7 Å². The van der Waals surface area contributed by atoms with Gasteiger partial charge >= 0.3 is 11.9 Å². The summed E-state index contributed by atoms with van der Waals surface area (Å²) in [4.78, 5) is 35.7. The summed E-state index contributed by atoms with van der Waals surface area (Å²) in [6.07, 6.45) is 1.00. The van der Waals surface area contributed by atoms with Crippen LogP contribution in [0.25, 0.3) is 0 Å². The first kappa shape index (κ1) is 20.6. The average Bonchev–Trinajstić information content (AvgIpc) is 3.15. The summed E-state index contributed by atoms with van der Waals surface area (Å²) < 4.78 is 2.08. The lowest BCUT2D eigenvalue weighted by atomic mass is 10.00. The van der Waals surface area contributed by atoms with Gasteiger partial charge in [0.15, 0.2) is 0 Å². The van der Waals surface area contributed by atoms with Gasteiger partial charge in [-0.05, 0) is 40.6 Å². The van der Waals surface area contributed by atoms with E-state index >= 15 is 0 Å². The lowest BCUT2D eigenvalue weighted by molar-refractivity contribution is -0.552. The third-order valence-electron chi connectivity index (χ3n) is 6.79. The molecule has 7 heteroatoms. The normalized spacial score (nSPS) is 21.1. The van der Waals surface area contributed by atoms with Crippen LogP contribution in [0.4, 0.5) is 4.79 Å². The number of rotatable bonds is 4. The zero-order valence-electron chi connectivity index (χ0n) is 18.8. The van der Waals surface area contributed by atoms with Crippen molar-refractivity contribution >= 4 is 23.6 Å². The first-order valence-electron chi connectivity index (χ1n) is 11.0.